The molecule has 1 aromatic carbocycles. The Morgan fingerprint density at radius 1 is 1.19 bits per heavy atom. The van der Waals surface area contributed by atoms with Gasteiger partial charge in [-0.3, -0.25) is 14.4 Å². The predicted molar refractivity (Wildman–Crippen MR) is 130 cm³/mol. The molecule has 172 valence electrons. The number of aromatic nitrogens is 2. The van der Waals surface area contributed by atoms with Crippen LogP contribution in [0.5, 0.6) is 0 Å². The van der Waals surface area contributed by atoms with Crippen LogP contribution in [0.3, 0.4) is 0 Å². The molecule has 0 bridgehead atoms. The number of thioether (sulfide) groups is 1. The van der Waals surface area contributed by atoms with Crippen LogP contribution in [0.1, 0.15) is 56.3 Å². The molecular weight excluding hydrogens is 420 g/mol. The number of hydrogen-bond acceptors (Lipinski definition) is 5. The average Bonchev–Trinajstić information content (AvgIpc) is 3.20. The fraction of sp³-hybridized carbons (Fsp3) is 0.520. The SMILES string of the molecule is C/C=C(\Sc1cc(C)nn1C1CCCCC1)C(=O)Nc1ccc(CN2CCOCC2)cc1. The van der Waals surface area contributed by atoms with Gasteiger partial charge in [0.25, 0.3) is 5.91 Å². The van der Waals surface area contributed by atoms with E-state index in [4.69, 9.17) is 9.84 Å². The number of ether oxygens (including phenoxy) is 1. The van der Waals surface area contributed by atoms with Crippen LogP contribution < -0.4 is 5.32 Å². The van der Waals surface area contributed by atoms with E-state index >= 15 is 0 Å². The fourth-order valence-electron chi connectivity index (χ4n) is 4.41. The van der Waals surface area contributed by atoms with Crippen molar-refractivity contribution in [1.82, 2.24) is 14.7 Å². The van der Waals surface area contributed by atoms with E-state index in [1.54, 1.807) is 0 Å². The van der Waals surface area contributed by atoms with Gasteiger partial charge < -0.3 is 10.1 Å². The molecule has 2 fully saturated rings. The van der Waals surface area contributed by atoms with Gasteiger partial charge in [-0.1, -0.05) is 49.2 Å². The molecular formula is C25H34N4O2S. The Labute approximate surface area is 195 Å². The smallest absolute Gasteiger partial charge is 0.262 e. The summed E-state index contributed by atoms with van der Waals surface area (Å²) in [6, 6.07) is 10.7. The Balaban J connectivity index is 1.37. The predicted octanol–water partition coefficient (Wildman–Crippen LogP) is 5.16. The summed E-state index contributed by atoms with van der Waals surface area (Å²) in [4.78, 5) is 16.1. The molecule has 2 aromatic rings. The van der Waals surface area contributed by atoms with E-state index in [0.717, 1.165) is 49.3 Å². The number of benzene rings is 1. The molecule has 0 spiro atoms. The van der Waals surface area contributed by atoms with E-state index < -0.39 is 0 Å². The van der Waals surface area contributed by atoms with Gasteiger partial charge in [-0.25, -0.2) is 0 Å². The minimum Gasteiger partial charge on any atom is -0.379 e. The third-order valence-corrected chi connectivity index (χ3v) is 7.32. The molecule has 0 unspecified atom stereocenters. The third-order valence-electron chi connectivity index (χ3n) is 6.17. The van der Waals surface area contributed by atoms with Gasteiger partial charge in [0.2, 0.25) is 0 Å². The summed E-state index contributed by atoms with van der Waals surface area (Å²) in [6.45, 7) is 8.40. The van der Waals surface area contributed by atoms with Crippen molar-refractivity contribution in [3.8, 4) is 0 Å². The van der Waals surface area contributed by atoms with Crippen LogP contribution in [0, 0.1) is 6.92 Å². The van der Waals surface area contributed by atoms with Crippen LogP contribution >= 0.6 is 11.8 Å². The molecule has 2 heterocycles. The Morgan fingerprint density at radius 2 is 1.91 bits per heavy atom. The number of carbonyl (C=O) groups excluding carboxylic acids is 1. The first kappa shape index (κ1) is 23.1. The Kier molecular flexibility index (Phi) is 8.05. The molecule has 1 aromatic heterocycles. The average molecular weight is 455 g/mol. The number of anilines is 1. The standard InChI is InChI=1S/C25H34N4O2S/c1-3-23(32-24-17-19(2)27-29(24)22-7-5-4-6-8-22)25(30)26-21-11-9-20(10-12-21)18-28-13-15-31-16-14-28/h3,9-12,17,22H,4-8,13-16,18H2,1-2H3,(H,26,30)/b23-3-. The number of allylic oxidation sites excluding steroid dienone is 1. The molecule has 1 saturated carbocycles. The topological polar surface area (TPSA) is 59.4 Å². The Hall–Kier alpha value is -2.09. The van der Waals surface area contributed by atoms with Crippen molar-refractivity contribution in [3.05, 3.63) is 52.6 Å². The van der Waals surface area contributed by atoms with Gasteiger partial charge in [0.05, 0.1) is 34.9 Å². The monoisotopic (exact) mass is 454 g/mol. The summed E-state index contributed by atoms with van der Waals surface area (Å²) in [5.74, 6) is -0.0764. The highest BCUT2D eigenvalue weighted by Gasteiger charge is 2.22. The van der Waals surface area contributed by atoms with Crippen molar-refractivity contribution in [3.63, 3.8) is 0 Å². The minimum atomic E-state index is -0.0764. The van der Waals surface area contributed by atoms with Crippen LogP contribution in [0.25, 0.3) is 0 Å². The normalized spacial score (nSPS) is 18.6. The highest BCUT2D eigenvalue weighted by molar-refractivity contribution is 8.04. The number of carbonyl (C=O) groups is 1. The second-order valence-electron chi connectivity index (χ2n) is 8.65. The van der Waals surface area contributed by atoms with Crippen LogP contribution in [0.4, 0.5) is 5.69 Å². The quantitative estimate of drug-likeness (QED) is 0.462. The molecule has 1 saturated heterocycles. The zero-order chi connectivity index (χ0) is 22.3. The lowest BCUT2D eigenvalue weighted by Crippen LogP contribution is -2.35. The summed E-state index contributed by atoms with van der Waals surface area (Å²) in [7, 11) is 0. The summed E-state index contributed by atoms with van der Waals surface area (Å²) in [5, 5.41) is 8.86. The lowest BCUT2D eigenvalue weighted by Gasteiger charge is -2.26. The van der Waals surface area contributed by atoms with Crippen molar-refractivity contribution < 1.29 is 9.53 Å². The van der Waals surface area contributed by atoms with E-state index in [2.05, 4.69) is 33.1 Å². The first-order valence-corrected chi connectivity index (χ1v) is 12.5. The minimum absolute atomic E-state index is 0.0764. The third kappa shape index (κ3) is 6.03. The molecule has 7 heteroatoms. The molecule has 1 aliphatic heterocycles. The van der Waals surface area contributed by atoms with Crippen LogP contribution in [0.2, 0.25) is 0 Å². The molecule has 1 aliphatic carbocycles. The highest BCUT2D eigenvalue weighted by Crippen LogP contribution is 2.35. The fourth-order valence-corrected chi connectivity index (χ4v) is 5.41. The van der Waals surface area contributed by atoms with E-state index in [1.807, 2.05) is 32.1 Å². The number of hydrogen-bond donors (Lipinski definition) is 1. The van der Waals surface area contributed by atoms with E-state index in [-0.39, 0.29) is 5.91 Å². The summed E-state index contributed by atoms with van der Waals surface area (Å²) >= 11 is 1.51. The lowest BCUT2D eigenvalue weighted by molar-refractivity contribution is -0.112. The summed E-state index contributed by atoms with van der Waals surface area (Å²) in [6.07, 6.45) is 8.05. The van der Waals surface area contributed by atoms with Gasteiger partial charge in [-0.2, -0.15) is 5.10 Å². The first-order valence-electron chi connectivity index (χ1n) is 11.7. The van der Waals surface area contributed by atoms with Gasteiger partial charge >= 0.3 is 0 Å². The van der Waals surface area contributed by atoms with Gasteiger partial charge in [0.1, 0.15) is 0 Å². The van der Waals surface area contributed by atoms with Crippen molar-refractivity contribution in [2.24, 2.45) is 0 Å². The number of amides is 1. The maximum atomic E-state index is 13.0. The van der Waals surface area contributed by atoms with Crippen LogP contribution in [-0.2, 0) is 16.1 Å². The van der Waals surface area contributed by atoms with Gasteiger partial charge in [0.15, 0.2) is 0 Å². The Bertz CT molecular complexity index is 926. The molecule has 32 heavy (non-hydrogen) atoms. The second kappa shape index (κ2) is 11.2. The number of rotatable bonds is 7. The first-order chi connectivity index (χ1) is 15.6. The Morgan fingerprint density at radius 3 is 2.59 bits per heavy atom. The molecule has 2 aliphatic rings. The zero-order valence-electron chi connectivity index (χ0n) is 19.2. The van der Waals surface area contributed by atoms with Gasteiger partial charge in [0, 0.05) is 25.3 Å². The van der Waals surface area contributed by atoms with E-state index in [9.17, 15) is 4.79 Å². The maximum Gasteiger partial charge on any atom is 0.262 e. The van der Waals surface area contributed by atoms with Crippen LogP contribution in [0.15, 0.2) is 46.3 Å². The lowest BCUT2D eigenvalue weighted by atomic mass is 9.96. The number of aryl methyl sites for hydroxylation is 1. The number of nitrogens with one attached hydrogen (secondary N) is 1. The van der Waals surface area contributed by atoms with E-state index in [0.29, 0.717) is 10.9 Å². The molecule has 1 amide bonds. The summed E-state index contributed by atoms with van der Waals surface area (Å²) in [5.41, 5.74) is 3.07. The second-order valence-corrected chi connectivity index (χ2v) is 9.72. The van der Waals surface area contributed by atoms with Gasteiger partial charge in [-0.15, -0.1) is 0 Å². The molecule has 6 nitrogen and oxygen atoms in total. The zero-order valence-corrected chi connectivity index (χ0v) is 20.0. The molecule has 0 radical (unpaired) electrons. The van der Waals surface area contributed by atoms with Crippen molar-refractivity contribution >= 4 is 23.4 Å². The van der Waals surface area contributed by atoms with Crippen molar-refractivity contribution in [1.29, 1.82) is 0 Å². The molecule has 0 atom stereocenters. The number of morpholine rings is 1. The van der Waals surface area contributed by atoms with Crippen LogP contribution in [-0.4, -0.2) is 46.9 Å². The maximum absolute atomic E-state index is 13.0. The molecule has 4 rings (SSSR count). The number of nitrogens with zero attached hydrogens (tertiary/aromatic N) is 3. The largest absolute Gasteiger partial charge is 0.379 e. The van der Waals surface area contributed by atoms with Crippen molar-refractivity contribution in [2.45, 2.75) is 63.6 Å². The summed E-state index contributed by atoms with van der Waals surface area (Å²) < 4.78 is 7.57. The van der Waals surface area contributed by atoms with Gasteiger partial charge in [-0.05, 0) is 50.5 Å². The van der Waals surface area contributed by atoms with E-state index in [1.165, 1.54) is 49.4 Å². The van der Waals surface area contributed by atoms with Crippen molar-refractivity contribution in [2.75, 3.05) is 31.6 Å². The highest BCUT2D eigenvalue weighted by atomic mass is 32.2. The molecule has 1 N–H and O–H groups in total.